The Balaban J connectivity index is 2.81. The molecule has 1 aromatic rings. The Kier molecular flexibility index (Phi) is 3.27. The summed E-state index contributed by atoms with van der Waals surface area (Å²) in [6.45, 7) is 0.0513. The normalized spacial score (nSPS) is 13.3. The summed E-state index contributed by atoms with van der Waals surface area (Å²) in [4.78, 5) is 3.48. The third-order valence-corrected chi connectivity index (χ3v) is 1.64. The van der Waals surface area contributed by atoms with E-state index in [0.717, 1.165) is 0 Å². The van der Waals surface area contributed by atoms with Gasteiger partial charge in [-0.15, -0.1) is 0 Å². The second-order valence-corrected chi connectivity index (χ2v) is 2.57. The highest BCUT2D eigenvalue weighted by molar-refractivity contribution is 5.17. The van der Waals surface area contributed by atoms with Crippen LogP contribution in [0, 0.1) is 0 Å². The minimum Gasteiger partial charge on any atom is -0.387 e. The van der Waals surface area contributed by atoms with Crippen molar-refractivity contribution in [3.05, 3.63) is 29.6 Å². The Morgan fingerprint density at radius 2 is 2.15 bits per heavy atom. The van der Waals surface area contributed by atoms with Gasteiger partial charge in [0.15, 0.2) is 0 Å². The molecule has 0 aliphatic rings. The number of halogens is 2. The molecule has 3 N–H and O–H groups in total. The number of hydrogen-bond donors (Lipinski definition) is 2. The molecule has 1 atom stereocenters. The van der Waals surface area contributed by atoms with Crippen LogP contribution in [0.2, 0.25) is 0 Å². The average Bonchev–Trinajstić information content (AvgIpc) is 2.17. The number of aliphatic hydroxyl groups is 1. The lowest BCUT2D eigenvalue weighted by Crippen LogP contribution is -2.11. The fourth-order valence-corrected chi connectivity index (χ4v) is 0.879. The Morgan fingerprint density at radius 3 is 2.54 bits per heavy atom. The number of rotatable bonds is 3. The zero-order valence-electron chi connectivity index (χ0n) is 6.82. The van der Waals surface area contributed by atoms with Gasteiger partial charge in [0, 0.05) is 18.3 Å². The zero-order chi connectivity index (χ0) is 9.84. The van der Waals surface area contributed by atoms with Gasteiger partial charge in [-0.3, -0.25) is 4.98 Å². The van der Waals surface area contributed by atoms with Crippen molar-refractivity contribution >= 4 is 0 Å². The molecule has 1 unspecified atom stereocenters. The Labute approximate surface area is 74.2 Å². The van der Waals surface area contributed by atoms with Crippen LogP contribution >= 0.6 is 0 Å². The van der Waals surface area contributed by atoms with Gasteiger partial charge in [0.1, 0.15) is 5.69 Å². The van der Waals surface area contributed by atoms with Crippen molar-refractivity contribution in [2.24, 2.45) is 5.73 Å². The minimum absolute atomic E-state index is 0.0513. The molecular formula is C8H10F2N2O. The van der Waals surface area contributed by atoms with Crippen molar-refractivity contribution < 1.29 is 13.9 Å². The van der Waals surface area contributed by atoms with Crippen LogP contribution in [-0.2, 0) is 0 Å². The molecule has 5 heteroatoms. The number of alkyl halides is 2. The summed E-state index contributed by atoms with van der Waals surface area (Å²) in [5.74, 6) is 0. The van der Waals surface area contributed by atoms with Crippen LogP contribution in [-0.4, -0.2) is 16.6 Å². The Morgan fingerprint density at radius 1 is 1.46 bits per heavy atom. The van der Waals surface area contributed by atoms with E-state index in [1.807, 2.05) is 0 Å². The summed E-state index contributed by atoms with van der Waals surface area (Å²) < 4.78 is 24.1. The Bertz CT molecular complexity index is 263. The molecule has 1 aromatic heterocycles. The Hall–Kier alpha value is -1.07. The number of nitrogens with two attached hydrogens (primary N) is 1. The lowest BCUT2D eigenvalue weighted by atomic mass is 10.1. The average molecular weight is 188 g/mol. The lowest BCUT2D eigenvalue weighted by Gasteiger charge is -2.07. The molecule has 0 aromatic carbocycles. The van der Waals surface area contributed by atoms with E-state index in [9.17, 15) is 13.9 Å². The molecular weight excluding hydrogens is 178 g/mol. The first kappa shape index (κ1) is 10.0. The predicted molar refractivity (Wildman–Crippen MR) is 43.2 cm³/mol. The first-order chi connectivity index (χ1) is 6.15. The molecule has 1 heterocycles. The molecule has 0 bridgehead atoms. The highest BCUT2D eigenvalue weighted by Gasteiger charge is 2.10. The van der Waals surface area contributed by atoms with Gasteiger partial charge in [0.2, 0.25) is 0 Å². The van der Waals surface area contributed by atoms with E-state index in [1.165, 1.54) is 18.3 Å². The number of pyridine rings is 1. The van der Waals surface area contributed by atoms with Crippen molar-refractivity contribution in [3.63, 3.8) is 0 Å². The van der Waals surface area contributed by atoms with Crippen LogP contribution in [0.3, 0.4) is 0 Å². The van der Waals surface area contributed by atoms with E-state index >= 15 is 0 Å². The topological polar surface area (TPSA) is 59.1 Å². The van der Waals surface area contributed by atoms with Gasteiger partial charge in [-0.1, -0.05) is 6.07 Å². The second kappa shape index (κ2) is 4.25. The lowest BCUT2D eigenvalue weighted by molar-refractivity contribution is 0.145. The molecule has 0 amide bonds. The van der Waals surface area contributed by atoms with E-state index < -0.39 is 12.5 Å². The number of aromatic nitrogens is 1. The van der Waals surface area contributed by atoms with Gasteiger partial charge in [0.05, 0.1) is 6.10 Å². The van der Waals surface area contributed by atoms with E-state index in [0.29, 0.717) is 5.56 Å². The first-order valence-electron chi connectivity index (χ1n) is 3.77. The zero-order valence-corrected chi connectivity index (χ0v) is 6.82. The van der Waals surface area contributed by atoms with Crippen molar-refractivity contribution in [1.29, 1.82) is 0 Å². The quantitative estimate of drug-likeness (QED) is 0.744. The molecule has 0 aliphatic carbocycles. The number of nitrogens with zero attached hydrogens (tertiary/aromatic N) is 1. The predicted octanol–water partition coefficient (Wildman–Crippen LogP) is 1.01. The minimum atomic E-state index is -2.58. The fraction of sp³-hybridized carbons (Fsp3) is 0.375. The maximum atomic E-state index is 12.0. The maximum absolute atomic E-state index is 12.0. The molecule has 1 rings (SSSR count). The van der Waals surface area contributed by atoms with Crippen molar-refractivity contribution in [1.82, 2.24) is 4.98 Å². The van der Waals surface area contributed by atoms with Crippen LogP contribution in [0.25, 0.3) is 0 Å². The van der Waals surface area contributed by atoms with Crippen LogP contribution in [0.15, 0.2) is 18.3 Å². The highest BCUT2D eigenvalue weighted by Crippen LogP contribution is 2.17. The van der Waals surface area contributed by atoms with Gasteiger partial charge in [-0.2, -0.15) is 0 Å². The molecule has 0 fully saturated rings. The van der Waals surface area contributed by atoms with Gasteiger partial charge in [-0.05, 0) is 6.07 Å². The summed E-state index contributed by atoms with van der Waals surface area (Å²) in [7, 11) is 0. The van der Waals surface area contributed by atoms with Crippen LogP contribution in [0.1, 0.15) is 23.8 Å². The number of aliphatic hydroxyl groups excluding tert-OH is 1. The molecule has 0 aliphatic heterocycles. The molecule has 0 saturated carbocycles. The van der Waals surface area contributed by atoms with Crippen molar-refractivity contribution in [3.8, 4) is 0 Å². The summed E-state index contributed by atoms with van der Waals surface area (Å²) >= 11 is 0. The van der Waals surface area contributed by atoms with Gasteiger partial charge >= 0.3 is 0 Å². The van der Waals surface area contributed by atoms with E-state index in [-0.39, 0.29) is 12.2 Å². The SMILES string of the molecule is NCC(O)c1ccc(C(F)F)nc1. The van der Waals surface area contributed by atoms with Crippen molar-refractivity contribution in [2.45, 2.75) is 12.5 Å². The summed E-state index contributed by atoms with van der Waals surface area (Å²) in [5.41, 5.74) is 5.33. The fourth-order valence-electron chi connectivity index (χ4n) is 0.879. The van der Waals surface area contributed by atoms with E-state index in [1.54, 1.807) is 0 Å². The molecule has 3 nitrogen and oxygen atoms in total. The van der Waals surface area contributed by atoms with E-state index in [2.05, 4.69) is 4.98 Å². The van der Waals surface area contributed by atoms with E-state index in [4.69, 9.17) is 5.73 Å². The first-order valence-corrected chi connectivity index (χ1v) is 3.77. The van der Waals surface area contributed by atoms with Crippen LogP contribution in [0.5, 0.6) is 0 Å². The molecule has 13 heavy (non-hydrogen) atoms. The van der Waals surface area contributed by atoms with Crippen LogP contribution in [0.4, 0.5) is 8.78 Å². The monoisotopic (exact) mass is 188 g/mol. The van der Waals surface area contributed by atoms with Gasteiger partial charge < -0.3 is 10.8 Å². The van der Waals surface area contributed by atoms with Crippen molar-refractivity contribution in [2.75, 3.05) is 6.54 Å². The van der Waals surface area contributed by atoms with Crippen LogP contribution < -0.4 is 5.73 Å². The smallest absolute Gasteiger partial charge is 0.280 e. The van der Waals surface area contributed by atoms with Gasteiger partial charge in [0.25, 0.3) is 6.43 Å². The summed E-state index contributed by atoms with van der Waals surface area (Å²) in [5, 5.41) is 9.21. The third-order valence-electron chi connectivity index (χ3n) is 1.64. The second-order valence-electron chi connectivity index (χ2n) is 2.57. The third kappa shape index (κ3) is 2.43. The highest BCUT2D eigenvalue weighted by atomic mass is 19.3. The van der Waals surface area contributed by atoms with Gasteiger partial charge in [-0.25, -0.2) is 8.78 Å². The summed E-state index contributed by atoms with van der Waals surface area (Å²) in [6.07, 6.45) is -2.21. The largest absolute Gasteiger partial charge is 0.387 e. The molecule has 72 valence electrons. The summed E-state index contributed by atoms with van der Waals surface area (Å²) in [6, 6.07) is 2.57. The standard InChI is InChI=1S/C8H10F2N2O/c9-8(10)6-2-1-5(4-12-6)7(13)3-11/h1-2,4,7-8,13H,3,11H2. The molecule has 0 spiro atoms. The number of hydrogen-bond acceptors (Lipinski definition) is 3. The molecule has 0 saturated heterocycles. The molecule has 0 radical (unpaired) electrons. The maximum Gasteiger partial charge on any atom is 0.280 e.